The third kappa shape index (κ3) is 1.78. The van der Waals surface area contributed by atoms with E-state index in [1.54, 1.807) is 10.7 Å². The highest BCUT2D eigenvalue weighted by Crippen LogP contribution is 2.25. The van der Waals surface area contributed by atoms with Crippen LogP contribution >= 0.6 is 0 Å². The molecule has 2 rings (SSSR count). The van der Waals surface area contributed by atoms with Crippen molar-refractivity contribution in [2.75, 3.05) is 7.11 Å². The molecule has 0 amide bonds. The molecule has 0 aliphatic rings. The van der Waals surface area contributed by atoms with Crippen LogP contribution in [0.1, 0.15) is 5.69 Å². The van der Waals surface area contributed by atoms with E-state index in [-0.39, 0.29) is 11.6 Å². The van der Waals surface area contributed by atoms with E-state index in [0.717, 1.165) is 17.0 Å². The first-order chi connectivity index (χ1) is 7.61. The molecule has 84 valence electrons. The molecule has 1 aromatic carbocycles. The Bertz CT molecular complexity index is 520. The van der Waals surface area contributed by atoms with Gasteiger partial charge in [-0.2, -0.15) is 5.10 Å². The highest BCUT2D eigenvalue weighted by atomic mass is 19.1. The Kier molecular flexibility index (Phi) is 2.64. The molecule has 1 heterocycles. The number of benzene rings is 1. The lowest BCUT2D eigenvalue weighted by Crippen LogP contribution is -1.95. The van der Waals surface area contributed by atoms with Crippen LogP contribution in [0, 0.1) is 12.7 Å². The smallest absolute Gasteiger partial charge is 0.165 e. The molecule has 0 radical (unpaired) electrons. The van der Waals surface area contributed by atoms with Crippen LogP contribution < -0.4 is 4.74 Å². The molecule has 0 aliphatic carbocycles. The molecule has 2 aromatic rings. The van der Waals surface area contributed by atoms with Crippen LogP contribution in [0.3, 0.4) is 0 Å². The van der Waals surface area contributed by atoms with Gasteiger partial charge in [0.15, 0.2) is 11.6 Å². The average molecular weight is 220 g/mol. The molecule has 0 unspecified atom stereocenters. The third-order valence-corrected chi connectivity index (χ3v) is 2.45. The predicted octanol–water partition coefficient (Wildman–Crippen LogP) is 2.54. The number of hydrogen-bond acceptors (Lipinski definition) is 2. The lowest BCUT2D eigenvalue weighted by atomic mass is 10.1. The van der Waals surface area contributed by atoms with Crippen molar-refractivity contribution in [3.8, 4) is 17.0 Å². The number of rotatable bonds is 2. The van der Waals surface area contributed by atoms with Gasteiger partial charge >= 0.3 is 0 Å². The van der Waals surface area contributed by atoms with Gasteiger partial charge in [-0.1, -0.05) is 0 Å². The average Bonchev–Trinajstić information content (AvgIpc) is 2.58. The van der Waals surface area contributed by atoms with E-state index in [0.29, 0.717) is 0 Å². The van der Waals surface area contributed by atoms with E-state index in [4.69, 9.17) is 4.74 Å². The monoisotopic (exact) mass is 220 g/mol. The quantitative estimate of drug-likeness (QED) is 0.777. The first kappa shape index (κ1) is 10.7. The van der Waals surface area contributed by atoms with Crippen LogP contribution in [0.5, 0.6) is 5.75 Å². The summed E-state index contributed by atoms with van der Waals surface area (Å²) in [6.07, 6.45) is 0. The van der Waals surface area contributed by atoms with Gasteiger partial charge in [0.2, 0.25) is 0 Å². The SMILES string of the molecule is COc1ccc(-c2cc(C)nn2C)cc1F. The molecule has 0 spiro atoms. The lowest BCUT2D eigenvalue weighted by Gasteiger charge is -2.05. The molecule has 0 saturated heterocycles. The molecule has 16 heavy (non-hydrogen) atoms. The van der Waals surface area contributed by atoms with E-state index in [1.807, 2.05) is 26.1 Å². The van der Waals surface area contributed by atoms with Gasteiger partial charge in [0.1, 0.15) is 0 Å². The number of methoxy groups -OCH3 is 1. The molecule has 0 atom stereocenters. The van der Waals surface area contributed by atoms with Crippen molar-refractivity contribution in [2.45, 2.75) is 6.92 Å². The number of halogens is 1. The van der Waals surface area contributed by atoms with Crippen molar-refractivity contribution in [2.24, 2.45) is 7.05 Å². The van der Waals surface area contributed by atoms with E-state index < -0.39 is 0 Å². The molecule has 4 heteroatoms. The molecular formula is C12H13FN2O. The molecule has 0 aliphatic heterocycles. The van der Waals surface area contributed by atoms with Gasteiger partial charge < -0.3 is 4.74 Å². The summed E-state index contributed by atoms with van der Waals surface area (Å²) in [4.78, 5) is 0. The number of ether oxygens (including phenoxy) is 1. The fraction of sp³-hybridized carbons (Fsp3) is 0.250. The zero-order valence-electron chi connectivity index (χ0n) is 9.49. The van der Waals surface area contributed by atoms with Crippen molar-refractivity contribution in [1.29, 1.82) is 0 Å². The van der Waals surface area contributed by atoms with E-state index in [2.05, 4.69) is 5.10 Å². The largest absolute Gasteiger partial charge is 0.494 e. The van der Waals surface area contributed by atoms with Crippen molar-refractivity contribution in [3.63, 3.8) is 0 Å². The highest BCUT2D eigenvalue weighted by Gasteiger charge is 2.08. The first-order valence-electron chi connectivity index (χ1n) is 4.96. The van der Waals surface area contributed by atoms with Gasteiger partial charge in [0, 0.05) is 12.6 Å². The molecule has 0 saturated carbocycles. The summed E-state index contributed by atoms with van der Waals surface area (Å²) in [5, 5.41) is 4.22. The minimum atomic E-state index is -0.362. The zero-order chi connectivity index (χ0) is 11.7. The van der Waals surface area contributed by atoms with E-state index in [9.17, 15) is 4.39 Å². The second-order valence-electron chi connectivity index (χ2n) is 3.64. The Morgan fingerprint density at radius 3 is 2.56 bits per heavy atom. The summed E-state index contributed by atoms with van der Waals surface area (Å²) in [5.74, 6) is -0.110. The third-order valence-electron chi connectivity index (χ3n) is 2.45. The molecule has 1 aromatic heterocycles. The molecule has 0 N–H and O–H groups in total. The minimum Gasteiger partial charge on any atom is -0.494 e. The van der Waals surface area contributed by atoms with Crippen LogP contribution in [0.15, 0.2) is 24.3 Å². The van der Waals surface area contributed by atoms with Crippen molar-refractivity contribution < 1.29 is 9.13 Å². The summed E-state index contributed by atoms with van der Waals surface area (Å²) < 4.78 is 20.1. The lowest BCUT2D eigenvalue weighted by molar-refractivity contribution is 0.386. The summed E-state index contributed by atoms with van der Waals surface area (Å²) in [7, 11) is 3.29. The number of nitrogens with zero attached hydrogens (tertiary/aromatic N) is 2. The second-order valence-corrected chi connectivity index (χ2v) is 3.64. The van der Waals surface area contributed by atoms with Gasteiger partial charge in [-0.3, -0.25) is 4.68 Å². The molecule has 0 bridgehead atoms. The van der Waals surface area contributed by atoms with E-state index >= 15 is 0 Å². The van der Waals surface area contributed by atoms with Crippen molar-refractivity contribution in [1.82, 2.24) is 9.78 Å². The maximum atomic E-state index is 13.5. The number of hydrogen-bond donors (Lipinski definition) is 0. The van der Waals surface area contributed by atoms with Crippen LogP contribution in [-0.4, -0.2) is 16.9 Å². The Morgan fingerprint density at radius 2 is 2.06 bits per heavy atom. The number of aromatic nitrogens is 2. The summed E-state index contributed by atoms with van der Waals surface area (Å²) in [6.45, 7) is 1.91. The van der Waals surface area contributed by atoms with Crippen LogP contribution in [0.2, 0.25) is 0 Å². The van der Waals surface area contributed by atoms with Gasteiger partial charge in [-0.05, 0) is 31.2 Å². The van der Waals surface area contributed by atoms with Gasteiger partial charge in [-0.15, -0.1) is 0 Å². The molecular weight excluding hydrogens is 207 g/mol. The fourth-order valence-electron chi connectivity index (χ4n) is 1.71. The second kappa shape index (κ2) is 3.96. The van der Waals surface area contributed by atoms with Crippen LogP contribution in [-0.2, 0) is 7.05 Å². The maximum Gasteiger partial charge on any atom is 0.165 e. The standard InChI is InChI=1S/C12H13FN2O/c1-8-6-11(15(2)14-8)9-4-5-12(16-3)10(13)7-9/h4-7H,1-3H3. The van der Waals surface area contributed by atoms with Gasteiger partial charge in [-0.25, -0.2) is 4.39 Å². The van der Waals surface area contributed by atoms with Gasteiger partial charge in [0.05, 0.1) is 18.5 Å². The Morgan fingerprint density at radius 1 is 1.31 bits per heavy atom. The van der Waals surface area contributed by atoms with Crippen LogP contribution in [0.4, 0.5) is 4.39 Å². The van der Waals surface area contributed by atoms with Crippen molar-refractivity contribution >= 4 is 0 Å². The summed E-state index contributed by atoms with van der Waals surface area (Å²) >= 11 is 0. The van der Waals surface area contributed by atoms with Gasteiger partial charge in [0.25, 0.3) is 0 Å². The minimum absolute atomic E-state index is 0.252. The summed E-state index contributed by atoms with van der Waals surface area (Å²) in [6, 6.07) is 6.81. The van der Waals surface area contributed by atoms with Crippen LogP contribution in [0.25, 0.3) is 11.3 Å². The van der Waals surface area contributed by atoms with Crippen molar-refractivity contribution in [3.05, 3.63) is 35.8 Å². The first-order valence-corrected chi connectivity index (χ1v) is 4.96. The fourth-order valence-corrected chi connectivity index (χ4v) is 1.71. The highest BCUT2D eigenvalue weighted by molar-refractivity contribution is 5.61. The Balaban J connectivity index is 2.49. The van der Waals surface area contributed by atoms with E-state index in [1.165, 1.54) is 13.2 Å². The zero-order valence-corrected chi connectivity index (χ0v) is 9.49. The predicted molar refractivity (Wildman–Crippen MR) is 59.9 cm³/mol. The Labute approximate surface area is 93.5 Å². The Hall–Kier alpha value is -1.84. The maximum absolute atomic E-state index is 13.5. The normalized spacial score (nSPS) is 10.5. The molecule has 0 fully saturated rings. The molecule has 3 nitrogen and oxygen atoms in total. The topological polar surface area (TPSA) is 27.1 Å². The number of aryl methyl sites for hydroxylation is 2. The summed E-state index contributed by atoms with van der Waals surface area (Å²) in [5.41, 5.74) is 2.59.